The van der Waals surface area contributed by atoms with Crippen molar-refractivity contribution in [2.24, 2.45) is 10.2 Å². The molecule has 0 spiro atoms. The van der Waals surface area contributed by atoms with Crippen LogP contribution in [0.5, 0.6) is 23.0 Å². The molecule has 8 rings (SSSR count). The van der Waals surface area contributed by atoms with Gasteiger partial charge in [-0.25, -0.2) is 32.8 Å². The van der Waals surface area contributed by atoms with Crippen molar-refractivity contribution >= 4 is 34.9 Å². The number of fused-ring (bicyclic) bond motifs is 2. The van der Waals surface area contributed by atoms with Crippen LogP contribution in [-0.2, 0) is 12.8 Å². The van der Waals surface area contributed by atoms with Crippen LogP contribution in [0.1, 0.15) is 47.2 Å². The van der Waals surface area contributed by atoms with E-state index in [1.54, 1.807) is 7.05 Å². The zero-order chi connectivity index (χ0) is 47.4. The van der Waals surface area contributed by atoms with E-state index in [-0.39, 0.29) is 36.4 Å². The van der Waals surface area contributed by atoms with Crippen molar-refractivity contribution in [1.82, 2.24) is 25.6 Å². The molecule has 4 aliphatic heterocycles. The standard InChI is InChI=1S/C25H32FN5O3.C23H26F2N4O3/c1-16-14-19-20(26)15-21(33-4)24(34-5)22(19)23(28-31(16)25(32)27-2)17-6-8-18(9-7-17)30-12-10-29(3)11-13-30;1-13-9-17-18(25)10-19(31-3)22(32-4)20(17)21(27-29(13)23(30)26-2)14-5-7-16(8-6-14)28-11-15(24)12-28/h6-9,15-16H,10-14H2,1-5H3,(H,27,32);5-8,10,13,15H,9,11-12H2,1-4H3,(H,26,30). The Kier molecular flexibility index (Phi) is 14.5. The lowest BCUT2D eigenvalue weighted by Crippen LogP contribution is -2.48. The van der Waals surface area contributed by atoms with Gasteiger partial charge in [0.15, 0.2) is 23.0 Å². The highest BCUT2D eigenvalue weighted by molar-refractivity contribution is 6.17. The number of carbonyl (C=O) groups excluding carboxylic acids is 2. The first-order chi connectivity index (χ1) is 31.7. The third-order valence-corrected chi connectivity index (χ3v) is 12.4. The molecule has 2 atom stereocenters. The topological polar surface area (TPSA) is 136 Å². The molecule has 4 heterocycles. The SMILES string of the molecule is CNC(=O)N1N=C(c2ccc(N3CC(F)C3)cc2)c2c(c(F)cc(OC)c2OC)CC1C.CNC(=O)N1N=C(c2ccc(N3CCN(C)CC3)cc2)c2c(c(F)cc(OC)c2OC)CC1C. The van der Waals surface area contributed by atoms with Crippen molar-refractivity contribution in [3.05, 3.63) is 106 Å². The minimum Gasteiger partial charge on any atom is -0.493 e. The number of amides is 4. The van der Waals surface area contributed by atoms with Gasteiger partial charge >= 0.3 is 12.1 Å². The van der Waals surface area contributed by atoms with Crippen LogP contribution in [0, 0.1) is 11.6 Å². The molecule has 0 aliphatic carbocycles. The molecule has 2 saturated heterocycles. The molecule has 0 bridgehead atoms. The summed E-state index contributed by atoms with van der Waals surface area (Å²) in [6.45, 7) is 8.31. The summed E-state index contributed by atoms with van der Waals surface area (Å²) in [5.41, 5.74) is 6.07. The summed E-state index contributed by atoms with van der Waals surface area (Å²) in [6.07, 6.45) is -0.289. The third-order valence-electron chi connectivity index (χ3n) is 12.4. The normalized spacial score (nSPS) is 18.5. The van der Waals surface area contributed by atoms with Gasteiger partial charge in [-0.05, 0) is 58.0 Å². The minimum atomic E-state index is -0.810. The van der Waals surface area contributed by atoms with Gasteiger partial charge in [0.1, 0.15) is 29.2 Å². The van der Waals surface area contributed by atoms with Crippen molar-refractivity contribution in [3.8, 4) is 23.0 Å². The molecule has 66 heavy (non-hydrogen) atoms. The maximum atomic E-state index is 15.3. The van der Waals surface area contributed by atoms with Crippen molar-refractivity contribution in [1.29, 1.82) is 0 Å². The molecule has 4 aliphatic rings. The average Bonchev–Trinajstić information content (AvgIpc) is 3.58. The maximum absolute atomic E-state index is 15.3. The van der Waals surface area contributed by atoms with Gasteiger partial charge in [-0.15, -0.1) is 0 Å². The molecule has 0 aromatic heterocycles. The quantitative estimate of drug-likeness (QED) is 0.210. The lowest BCUT2D eigenvalue weighted by molar-refractivity contribution is 0.183. The molecule has 2 fully saturated rings. The number of benzene rings is 4. The average molecular weight is 914 g/mol. The van der Waals surface area contributed by atoms with E-state index in [1.165, 1.54) is 57.6 Å². The number of rotatable bonds is 8. The molecule has 15 nitrogen and oxygen atoms in total. The molecule has 4 aromatic rings. The molecule has 4 aromatic carbocycles. The summed E-state index contributed by atoms with van der Waals surface area (Å²) in [5.74, 6) is 0.389. The van der Waals surface area contributed by atoms with Gasteiger partial charge < -0.3 is 44.3 Å². The first-order valence-electron chi connectivity index (χ1n) is 21.8. The Balaban J connectivity index is 0.000000197. The summed E-state index contributed by atoms with van der Waals surface area (Å²) >= 11 is 0. The third kappa shape index (κ3) is 9.36. The van der Waals surface area contributed by atoms with Crippen molar-refractivity contribution in [3.63, 3.8) is 0 Å². The van der Waals surface area contributed by atoms with E-state index >= 15 is 8.78 Å². The zero-order valence-corrected chi connectivity index (χ0v) is 38.9. The fourth-order valence-electron chi connectivity index (χ4n) is 8.66. The van der Waals surface area contributed by atoms with Gasteiger partial charge in [0.25, 0.3) is 0 Å². The Morgan fingerprint density at radius 3 is 1.36 bits per heavy atom. The smallest absolute Gasteiger partial charge is 0.337 e. The second-order valence-corrected chi connectivity index (χ2v) is 16.6. The highest BCUT2D eigenvalue weighted by Crippen LogP contribution is 2.41. The number of nitrogens with zero attached hydrogens (tertiary/aromatic N) is 7. The van der Waals surface area contributed by atoms with E-state index in [4.69, 9.17) is 24.0 Å². The number of hydrogen-bond donors (Lipinski definition) is 2. The van der Waals surface area contributed by atoms with E-state index < -0.39 is 29.9 Å². The lowest BCUT2D eigenvalue weighted by atomic mass is 9.92. The number of nitrogens with one attached hydrogen (secondary N) is 2. The summed E-state index contributed by atoms with van der Waals surface area (Å²) in [6, 6.07) is 16.5. The molecule has 2 N–H and O–H groups in total. The van der Waals surface area contributed by atoms with Gasteiger partial charge in [0.05, 0.1) is 64.7 Å². The summed E-state index contributed by atoms with van der Waals surface area (Å²) in [7, 11) is 11.1. The molecule has 0 saturated carbocycles. The van der Waals surface area contributed by atoms with Crippen LogP contribution in [0.4, 0.5) is 34.1 Å². The van der Waals surface area contributed by atoms with Gasteiger partial charge in [-0.2, -0.15) is 10.2 Å². The highest BCUT2D eigenvalue weighted by Gasteiger charge is 2.35. The number of alkyl halides is 1. The van der Waals surface area contributed by atoms with Crippen LogP contribution in [0.2, 0.25) is 0 Å². The Bertz CT molecular complexity index is 2480. The van der Waals surface area contributed by atoms with Crippen molar-refractivity contribution in [2.45, 2.75) is 44.9 Å². The summed E-state index contributed by atoms with van der Waals surface area (Å²) in [5, 5.41) is 17.3. The fourth-order valence-corrected chi connectivity index (χ4v) is 8.66. The summed E-state index contributed by atoms with van der Waals surface area (Å²) in [4.78, 5) is 31.8. The Morgan fingerprint density at radius 1 is 0.621 bits per heavy atom. The van der Waals surface area contributed by atoms with Crippen LogP contribution in [0.15, 0.2) is 70.9 Å². The number of anilines is 2. The maximum Gasteiger partial charge on any atom is 0.337 e. The predicted molar refractivity (Wildman–Crippen MR) is 249 cm³/mol. The van der Waals surface area contributed by atoms with E-state index in [0.717, 1.165) is 43.1 Å². The van der Waals surface area contributed by atoms with Crippen LogP contribution in [0.3, 0.4) is 0 Å². The van der Waals surface area contributed by atoms with Gasteiger partial charge in [-0.3, -0.25) is 0 Å². The number of methoxy groups -OCH3 is 4. The van der Waals surface area contributed by atoms with Crippen LogP contribution < -0.4 is 39.4 Å². The Labute approximate surface area is 383 Å². The van der Waals surface area contributed by atoms with Crippen LogP contribution in [0.25, 0.3) is 0 Å². The number of ether oxygens (including phenoxy) is 4. The minimum absolute atomic E-state index is 0.240. The largest absolute Gasteiger partial charge is 0.493 e. The highest BCUT2D eigenvalue weighted by atomic mass is 19.1. The van der Waals surface area contributed by atoms with Gasteiger partial charge in [0, 0.05) is 86.0 Å². The van der Waals surface area contributed by atoms with Crippen LogP contribution in [-0.4, -0.2) is 146 Å². The fraction of sp³-hybridized carbons (Fsp3) is 0.417. The number of carbonyl (C=O) groups is 2. The number of urea groups is 2. The predicted octanol–water partition coefficient (Wildman–Crippen LogP) is 6.27. The van der Waals surface area contributed by atoms with E-state index in [0.29, 0.717) is 63.8 Å². The first-order valence-corrected chi connectivity index (χ1v) is 21.8. The van der Waals surface area contributed by atoms with E-state index in [2.05, 4.69) is 32.6 Å². The second kappa shape index (κ2) is 20.2. The van der Waals surface area contributed by atoms with Crippen molar-refractivity contribution in [2.75, 3.05) is 98.7 Å². The molecular formula is C48H58F3N9O6. The van der Waals surface area contributed by atoms with Crippen LogP contribution >= 0.6 is 0 Å². The molecule has 0 radical (unpaired) electrons. The first kappa shape index (κ1) is 47.3. The molecular weight excluding hydrogens is 856 g/mol. The number of hydrogen-bond acceptors (Lipinski definition) is 11. The van der Waals surface area contributed by atoms with E-state index in [9.17, 15) is 14.0 Å². The van der Waals surface area contributed by atoms with Gasteiger partial charge in [-0.1, -0.05) is 24.3 Å². The molecule has 2 unspecified atom stereocenters. The van der Waals surface area contributed by atoms with Gasteiger partial charge in [0.2, 0.25) is 0 Å². The Morgan fingerprint density at radius 2 is 1.02 bits per heavy atom. The molecule has 18 heteroatoms. The number of likely N-dealkylation sites (N-methyl/N-ethyl adjacent to an activating group) is 1. The second-order valence-electron chi connectivity index (χ2n) is 16.6. The van der Waals surface area contributed by atoms with E-state index in [1.807, 2.05) is 67.3 Å². The lowest BCUT2D eigenvalue weighted by Gasteiger charge is -2.36. The molecule has 4 amide bonds. The summed E-state index contributed by atoms with van der Waals surface area (Å²) < 4.78 is 65.8. The Hall–Kier alpha value is -6.69. The number of halogens is 3. The number of piperazine rings is 1. The zero-order valence-electron chi connectivity index (χ0n) is 38.9. The molecule has 352 valence electrons. The van der Waals surface area contributed by atoms with Crippen molar-refractivity contribution < 1.29 is 41.7 Å². The number of hydrazone groups is 2. The monoisotopic (exact) mass is 913 g/mol.